The monoisotopic (exact) mass is 253 g/mol. The quantitative estimate of drug-likeness (QED) is 0.830. The van der Waals surface area contributed by atoms with Crippen molar-refractivity contribution in [3.8, 4) is 0 Å². The van der Waals surface area contributed by atoms with Crippen molar-refractivity contribution < 1.29 is 8.42 Å². The van der Waals surface area contributed by atoms with Gasteiger partial charge in [0.2, 0.25) is 10.0 Å². The molecule has 0 aliphatic carbocycles. The SMILES string of the molecule is CC(C)S(=O)(=O)N1CCCC1c1ccccc1. The molecule has 94 valence electrons. The zero-order valence-electron chi connectivity index (χ0n) is 10.3. The summed E-state index contributed by atoms with van der Waals surface area (Å²) in [7, 11) is -3.14. The van der Waals surface area contributed by atoms with Crippen LogP contribution in [0.1, 0.15) is 38.3 Å². The molecule has 1 aromatic rings. The Morgan fingerprint density at radius 1 is 1.24 bits per heavy atom. The number of sulfonamides is 1. The van der Waals surface area contributed by atoms with Gasteiger partial charge in [0.15, 0.2) is 0 Å². The molecule has 1 fully saturated rings. The molecule has 1 saturated heterocycles. The molecule has 1 aromatic carbocycles. The summed E-state index contributed by atoms with van der Waals surface area (Å²) in [6, 6.07) is 9.95. The van der Waals surface area contributed by atoms with Crippen LogP contribution in [0.5, 0.6) is 0 Å². The number of nitrogens with zero attached hydrogens (tertiary/aromatic N) is 1. The fraction of sp³-hybridized carbons (Fsp3) is 0.538. The highest BCUT2D eigenvalue weighted by molar-refractivity contribution is 7.89. The van der Waals surface area contributed by atoms with Gasteiger partial charge in [0.05, 0.1) is 5.25 Å². The van der Waals surface area contributed by atoms with Crippen LogP contribution < -0.4 is 0 Å². The minimum absolute atomic E-state index is 0.0311. The third-order valence-corrected chi connectivity index (χ3v) is 5.59. The lowest BCUT2D eigenvalue weighted by molar-refractivity contribution is 0.392. The average molecular weight is 253 g/mol. The second kappa shape index (κ2) is 4.78. The molecule has 0 N–H and O–H groups in total. The Morgan fingerprint density at radius 2 is 1.88 bits per heavy atom. The third kappa shape index (κ3) is 2.38. The Bertz CT molecular complexity index is 467. The Balaban J connectivity index is 2.31. The molecule has 0 aromatic heterocycles. The minimum Gasteiger partial charge on any atom is -0.212 e. The Labute approximate surface area is 104 Å². The highest BCUT2D eigenvalue weighted by atomic mass is 32.2. The van der Waals surface area contributed by atoms with Crippen LogP contribution >= 0.6 is 0 Å². The standard InChI is InChI=1S/C13H19NO2S/c1-11(2)17(15,16)14-10-6-9-13(14)12-7-4-3-5-8-12/h3-5,7-8,11,13H,6,9-10H2,1-2H3. The first-order chi connectivity index (χ1) is 8.03. The molecule has 3 nitrogen and oxygen atoms in total. The van der Waals surface area contributed by atoms with Gasteiger partial charge in [-0.05, 0) is 32.3 Å². The highest BCUT2D eigenvalue weighted by Crippen LogP contribution is 2.35. The van der Waals surface area contributed by atoms with Crippen LogP contribution in [0.3, 0.4) is 0 Å². The third-order valence-electron chi connectivity index (χ3n) is 3.31. The second-order valence-corrected chi connectivity index (χ2v) is 7.21. The molecule has 1 atom stereocenters. The molecule has 0 bridgehead atoms. The fourth-order valence-corrected chi connectivity index (χ4v) is 3.83. The van der Waals surface area contributed by atoms with Crippen molar-refractivity contribution in [2.45, 2.75) is 38.0 Å². The second-order valence-electron chi connectivity index (χ2n) is 4.77. The van der Waals surface area contributed by atoms with E-state index in [4.69, 9.17) is 0 Å². The summed E-state index contributed by atoms with van der Waals surface area (Å²) in [5, 5.41) is -0.341. The van der Waals surface area contributed by atoms with Gasteiger partial charge >= 0.3 is 0 Å². The van der Waals surface area contributed by atoms with Gasteiger partial charge < -0.3 is 0 Å². The van der Waals surface area contributed by atoms with Crippen molar-refractivity contribution in [2.75, 3.05) is 6.54 Å². The molecular weight excluding hydrogens is 234 g/mol. The predicted octanol–water partition coefficient (Wildman–Crippen LogP) is 2.56. The van der Waals surface area contributed by atoms with Crippen molar-refractivity contribution >= 4 is 10.0 Å². The Morgan fingerprint density at radius 3 is 2.47 bits per heavy atom. The van der Waals surface area contributed by atoms with Gasteiger partial charge in [0, 0.05) is 12.6 Å². The van der Waals surface area contributed by atoms with E-state index in [0.717, 1.165) is 18.4 Å². The molecule has 0 saturated carbocycles. The maximum absolute atomic E-state index is 12.2. The lowest BCUT2D eigenvalue weighted by atomic mass is 10.1. The molecule has 0 spiro atoms. The molecule has 0 amide bonds. The molecule has 1 unspecified atom stereocenters. The minimum atomic E-state index is -3.14. The number of hydrogen-bond acceptors (Lipinski definition) is 2. The van der Waals surface area contributed by atoms with E-state index in [2.05, 4.69) is 0 Å². The molecular formula is C13H19NO2S. The topological polar surface area (TPSA) is 37.4 Å². The van der Waals surface area contributed by atoms with E-state index in [9.17, 15) is 8.42 Å². The first-order valence-corrected chi connectivity index (χ1v) is 7.59. The van der Waals surface area contributed by atoms with Gasteiger partial charge in [-0.15, -0.1) is 0 Å². The first-order valence-electron chi connectivity index (χ1n) is 6.09. The van der Waals surface area contributed by atoms with Crippen molar-refractivity contribution in [2.24, 2.45) is 0 Å². The van der Waals surface area contributed by atoms with Gasteiger partial charge in [0.25, 0.3) is 0 Å². The van der Waals surface area contributed by atoms with Gasteiger partial charge in [-0.25, -0.2) is 8.42 Å². The van der Waals surface area contributed by atoms with E-state index in [0.29, 0.717) is 6.54 Å². The lowest BCUT2D eigenvalue weighted by Crippen LogP contribution is -2.35. The van der Waals surface area contributed by atoms with E-state index in [-0.39, 0.29) is 11.3 Å². The maximum Gasteiger partial charge on any atom is 0.216 e. The van der Waals surface area contributed by atoms with E-state index >= 15 is 0 Å². The first kappa shape index (κ1) is 12.6. The molecule has 1 aliphatic rings. The zero-order valence-corrected chi connectivity index (χ0v) is 11.2. The molecule has 1 aliphatic heterocycles. The van der Waals surface area contributed by atoms with Crippen molar-refractivity contribution in [1.29, 1.82) is 0 Å². The van der Waals surface area contributed by atoms with Gasteiger partial charge in [-0.2, -0.15) is 4.31 Å². The van der Waals surface area contributed by atoms with E-state index in [1.807, 2.05) is 30.3 Å². The largest absolute Gasteiger partial charge is 0.216 e. The van der Waals surface area contributed by atoms with Gasteiger partial charge in [-0.3, -0.25) is 0 Å². The summed E-state index contributed by atoms with van der Waals surface area (Å²) >= 11 is 0. The summed E-state index contributed by atoms with van der Waals surface area (Å²) in [6.45, 7) is 4.14. The van der Waals surface area contributed by atoms with Crippen LogP contribution in [0, 0.1) is 0 Å². The van der Waals surface area contributed by atoms with E-state index in [1.54, 1.807) is 18.2 Å². The van der Waals surface area contributed by atoms with Crippen LogP contribution in [-0.2, 0) is 10.0 Å². The molecule has 2 rings (SSSR count). The summed E-state index contributed by atoms with van der Waals surface area (Å²) < 4.78 is 26.2. The van der Waals surface area contributed by atoms with Crippen LogP contribution in [0.15, 0.2) is 30.3 Å². The molecule has 4 heteroatoms. The zero-order chi connectivity index (χ0) is 12.5. The van der Waals surface area contributed by atoms with Crippen molar-refractivity contribution in [3.63, 3.8) is 0 Å². The van der Waals surface area contributed by atoms with E-state index < -0.39 is 10.0 Å². The van der Waals surface area contributed by atoms with Crippen LogP contribution in [-0.4, -0.2) is 24.5 Å². The van der Waals surface area contributed by atoms with Crippen LogP contribution in [0.25, 0.3) is 0 Å². The summed E-state index contributed by atoms with van der Waals surface area (Å²) in [5.41, 5.74) is 1.11. The lowest BCUT2D eigenvalue weighted by Gasteiger charge is -2.26. The molecule has 17 heavy (non-hydrogen) atoms. The highest BCUT2D eigenvalue weighted by Gasteiger charge is 2.36. The number of benzene rings is 1. The van der Waals surface area contributed by atoms with Crippen molar-refractivity contribution in [3.05, 3.63) is 35.9 Å². The Kier molecular flexibility index (Phi) is 3.54. The number of rotatable bonds is 3. The number of hydrogen-bond donors (Lipinski definition) is 0. The fourth-order valence-electron chi connectivity index (χ4n) is 2.32. The normalized spacial score (nSPS) is 22.2. The summed E-state index contributed by atoms with van der Waals surface area (Å²) in [6.07, 6.45) is 1.88. The predicted molar refractivity (Wildman–Crippen MR) is 69.2 cm³/mol. The van der Waals surface area contributed by atoms with Gasteiger partial charge in [-0.1, -0.05) is 30.3 Å². The summed E-state index contributed by atoms with van der Waals surface area (Å²) in [5.74, 6) is 0. The van der Waals surface area contributed by atoms with Crippen LogP contribution in [0.4, 0.5) is 0 Å². The Hall–Kier alpha value is -0.870. The van der Waals surface area contributed by atoms with Crippen molar-refractivity contribution in [1.82, 2.24) is 4.31 Å². The molecule has 1 heterocycles. The molecule has 0 radical (unpaired) electrons. The summed E-state index contributed by atoms with van der Waals surface area (Å²) in [4.78, 5) is 0. The average Bonchev–Trinajstić information content (AvgIpc) is 2.79. The maximum atomic E-state index is 12.2. The smallest absolute Gasteiger partial charge is 0.212 e. The van der Waals surface area contributed by atoms with Gasteiger partial charge in [0.1, 0.15) is 0 Å². The van der Waals surface area contributed by atoms with Crippen LogP contribution in [0.2, 0.25) is 0 Å². The van der Waals surface area contributed by atoms with E-state index in [1.165, 1.54) is 0 Å².